The third-order valence-corrected chi connectivity index (χ3v) is 4.92. The zero-order valence-electron chi connectivity index (χ0n) is 15.0. The number of hydrogen-bond acceptors (Lipinski definition) is 5. The molecule has 2 aromatic rings. The summed E-state index contributed by atoms with van der Waals surface area (Å²) in [7, 11) is 0. The maximum atomic E-state index is 10.5. The van der Waals surface area contributed by atoms with Crippen LogP contribution >= 0.6 is 0 Å². The summed E-state index contributed by atoms with van der Waals surface area (Å²) in [4.78, 5) is 1.99. The van der Waals surface area contributed by atoms with E-state index in [9.17, 15) is 15.3 Å². The molecule has 5 atom stereocenters. The highest BCUT2D eigenvalue weighted by atomic mass is 16.5. The summed E-state index contributed by atoms with van der Waals surface area (Å²) in [6, 6.07) is 19.2. The standard InChI is InChI=1S/C21H27NO4/c1-15(23)19-21(26-14-17-10-6-3-7-11-17)20(25)18(24)13-22(19)12-16-8-4-2-5-9-16/h2-11,15,18-21,23-25H,12-14H2,1H3/t15-,18-,19+,20+,21+/m0/s1. The number of β-amino-alcohol motifs (C(OH)–C–C–N with tert-alkyl or cyclic N) is 1. The van der Waals surface area contributed by atoms with E-state index in [1.165, 1.54) is 0 Å². The Bertz CT molecular complexity index is 664. The second-order valence-electron chi connectivity index (χ2n) is 6.97. The molecule has 3 rings (SSSR count). The molecule has 0 bridgehead atoms. The van der Waals surface area contributed by atoms with Crippen molar-refractivity contribution in [3.8, 4) is 0 Å². The summed E-state index contributed by atoms with van der Waals surface area (Å²) < 4.78 is 5.98. The fourth-order valence-electron chi connectivity index (χ4n) is 3.63. The quantitative estimate of drug-likeness (QED) is 0.732. The molecular weight excluding hydrogens is 330 g/mol. The van der Waals surface area contributed by atoms with Crippen LogP contribution in [0.15, 0.2) is 60.7 Å². The van der Waals surface area contributed by atoms with Crippen molar-refractivity contribution in [2.24, 2.45) is 0 Å². The lowest BCUT2D eigenvalue weighted by Crippen LogP contribution is -2.64. The SMILES string of the molecule is C[C@H](O)[C@@H]1[C@@H](OCc2ccccc2)[C@H](O)[C@@H](O)CN1Cc1ccccc1. The number of aliphatic hydroxyl groups excluding tert-OH is 3. The minimum atomic E-state index is -1.04. The Labute approximate surface area is 154 Å². The van der Waals surface area contributed by atoms with E-state index in [0.29, 0.717) is 13.2 Å². The molecule has 0 saturated carbocycles. The van der Waals surface area contributed by atoms with Gasteiger partial charge >= 0.3 is 0 Å². The van der Waals surface area contributed by atoms with Crippen LogP contribution in [0.5, 0.6) is 0 Å². The van der Waals surface area contributed by atoms with E-state index < -0.39 is 30.5 Å². The second kappa shape index (κ2) is 8.75. The molecule has 1 aliphatic heterocycles. The van der Waals surface area contributed by atoms with E-state index >= 15 is 0 Å². The Kier molecular flexibility index (Phi) is 6.40. The number of piperidine rings is 1. The predicted molar refractivity (Wildman–Crippen MR) is 99.4 cm³/mol. The summed E-state index contributed by atoms with van der Waals surface area (Å²) in [5, 5.41) is 31.2. The first-order valence-electron chi connectivity index (χ1n) is 9.04. The van der Waals surface area contributed by atoms with E-state index in [1.807, 2.05) is 65.6 Å². The molecule has 0 spiro atoms. The minimum Gasteiger partial charge on any atom is -0.392 e. The molecule has 140 valence electrons. The van der Waals surface area contributed by atoms with Gasteiger partial charge in [-0.05, 0) is 18.1 Å². The topological polar surface area (TPSA) is 73.2 Å². The Morgan fingerprint density at radius 1 is 1.00 bits per heavy atom. The first-order chi connectivity index (χ1) is 12.6. The van der Waals surface area contributed by atoms with E-state index in [2.05, 4.69) is 0 Å². The maximum absolute atomic E-state index is 10.5. The van der Waals surface area contributed by atoms with Gasteiger partial charge in [-0.3, -0.25) is 4.90 Å². The monoisotopic (exact) mass is 357 g/mol. The highest BCUT2D eigenvalue weighted by Gasteiger charge is 2.45. The smallest absolute Gasteiger partial charge is 0.109 e. The normalized spacial score (nSPS) is 28.0. The Morgan fingerprint density at radius 2 is 1.58 bits per heavy atom. The first kappa shape index (κ1) is 19.0. The molecule has 1 saturated heterocycles. The molecule has 0 radical (unpaired) electrons. The van der Waals surface area contributed by atoms with Crippen molar-refractivity contribution in [1.82, 2.24) is 4.90 Å². The van der Waals surface area contributed by atoms with Crippen molar-refractivity contribution in [2.75, 3.05) is 6.54 Å². The molecule has 1 fully saturated rings. The summed E-state index contributed by atoms with van der Waals surface area (Å²) in [5.74, 6) is 0. The molecule has 0 aliphatic carbocycles. The van der Waals surface area contributed by atoms with Gasteiger partial charge < -0.3 is 20.1 Å². The van der Waals surface area contributed by atoms with Crippen LogP contribution < -0.4 is 0 Å². The van der Waals surface area contributed by atoms with Crippen molar-refractivity contribution in [1.29, 1.82) is 0 Å². The van der Waals surface area contributed by atoms with Crippen LogP contribution in [0.25, 0.3) is 0 Å². The van der Waals surface area contributed by atoms with Gasteiger partial charge in [-0.15, -0.1) is 0 Å². The number of aliphatic hydroxyl groups is 3. The molecule has 5 nitrogen and oxygen atoms in total. The highest BCUT2D eigenvalue weighted by Crippen LogP contribution is 2.27. The van der Waals surface area contributed by atoms with Crippen molar-refractivity contribution >= 4 is 0 Å². The number of likely N-dealkylation sites (tertiary alicyclic amines) is 1. The average Bonchev–Trinajstić information content (AvgIpc) is 2.64. The highest BCUT2D eigenvalue weighted by molar-refractivity contribution is 5.16. The van der Waals surface area contributed by atoms with Crippen molar-refractivity contribution in [3.05, 3.63) is 71.8 Å². The Balaban J connectivity index is 1.77. The van der Waals surface area contributed by atoms with E-state index in [-0.39, 0.29) is 6.54 Å². The zero-order valence-corrected chi connectivity index (χ0v) is 15.0. The largest absolute Gasteiger partial charge is 0.392 e. The van der Waals surface area contributed by atoms with Gasteiger partial charge in [-0.25, -0.2) is 0 Å². The van der Waals surface area contributed by atoms with Gasteiger partial charge in [-0.2, -0.15) is 0 Å². The van der Waals surface area contributed by atoms with Gasteiger partial charge in [0.15, 0.2) is 0 Å². The van der Waals surface area contributed by atoms with Crippen LogP contribution in [0.2, 0.25) is 0 Å². The zero-order chi connectivity index (χ0) is 18.5. The van der Waals surface area contributed by atoms with Crippen molar-refractivity contribution in [3.63, 3.8) is 0 Å². The fourth-order valence-corrected chi connectivity index (χ4v) is 3.63. The summed E-state index contributed by atoms with van der Waals surface area (Å²) in [6.45, 7) is 2.88. The van der Waals surface area contributed by atoms with Crippen LogP contribution in [0.1, 0.15) is 18.1 Å². The molecule has 2 aromatic carbocycles. The third kappa shape index (κ3) is 4.50. The van der Waals surface area contributed by atoms with E-state index in [0.717, 1.165) is 11.1 Å². The van der Waals surface area contributed by atoms with E-state index in [1.54, 1.807) is 6.92 Å². The molecule has 26 heavy (non-hydrogen) atoms. The van der Waals surface area contributed by atoms with Crippen LogP contribution in [-0.2, 0) is 17.9 Å². The van der Waals surface area contributed by atoms with Crippen LogP contribution in [0, 0.1) is 0 Å². The molecule has 1 aliphatic rings. The third-order valence-electron chi connectivity index (χ3n) is 4.92. The van der Waals surface area contributed by atoms with Crippen molar-refractivity contribution in [2.45, 2.75) is 50.5 Å². The summed E-state index contributed by atoms with van der Waals surface area (Å²) >= 11 is 0. The fraction of sp³-hybridized carbons (Fsp3) is 0.429. The second-order valence-corrected chi connectivity index (χ2v) is 6.97. The van der Waals surface area contributed by atoms with Gasteiger partial charge in [-0.1, -0.05) is 60.7 Å². The van der Waals surface area contributed by atoms with Crippen LogP contribution in [-0.4, -0.2) is 57.2 Å². The number of ether oxygens (including phenoxy) is 1. The molecule has 3 N–H and O–H groups in total. The molecular formula is C21H27NO4. The minimum absolute atomic E-state index is 0.289. The summed E-state index contributed by atoms with van der Waals surface area (Å²) in [6.07, 6.45) is -3.34. The lowest BCUT2D eigenvalue weighted by molar-refractivity contribution is -0.183. The van der Waals surface area contributed by atoms with Crippen molar-refractivity contribution < 1.29 is 20.1 Å². The first-order valence-corrected chi connectivity index (χ1v) is 9.04. The Morgan fingerprint density at radius 3 is 2.15 bits per heavy atom. The van der Waals surface area contributed by atoms with Gasteiger partial charge in [0.25, 0.3) is 0 Å². The number of nitrogens with zero attached hydrogens (tertiary/aromatic N) is 1. The Hall–Kier alpha value is -1.76. The molecule has 1 heterocycles. The number of benzene rings is 2. The molecule has 0 unspecified atom stereocenters. The summed E-state index contributed by atoms with van der Waals surface area (Å²) in [5.41, 5.74) is 2.07. The van der Waals surface area contributed by atoms with Crippen LogP contribution in [0.4, 0.5) is 0 Å². The lowest BCUT2D eigenvalue weighted by atomic mass is 9.90. The lowest BCUT2D eigenvalue weighted by Gasteiger charge is -2.47. The predicted octanol–water partition coefficient (Wildman–Crippen LogP) is 1.56. The van der Waals surface area contributed by atoms with Gasteiger partial charge in [0, 0.05) is 13.1 Å². The van der Waals surface area contributed by atoms with E-state index in [4.69, 9.17) is 4.74 Å². The van der Waals surface area contributed by atoms with Crippen LogP contribution in [0.3, 0.4) is 0 Å². The number of hydrogen-bond donors (Lipinski definition) is 3. The van der Waals surface area contributed by atoms with Gasteiger partial charge in [0.2, 0.25) is 0 Å². The van der Waals surface area contributed by atoms with Gasteiger partial charge in [0.05, 0.1) is 24.9 Å². The maximum Gasteiger partial charge on any atom is 0.109 e. The molecule has 0 amide bonds. The average molecular weight is 357 g/mol. The van der Waals surface area contributed by atoms with Gasteiger partial charge in [0.1, 0.15) is 12.2 Å². The molecule has 5 heteroatoms. The number of rotatable bonds is 6. The molecule has 0 aromatic heterocycles.